The first-order valence-electron chi connectivity index (χ1n) is 5.76. The summed E-state index contributed by atoms with van der Waals surface area (Å²) in [5.74, 6) is 1.45. The summed E-state index contributed by atoms with van der Waals surface area (Å²) in [6.45, 7) is 3.75. The summed E-state index contributed by atoms with van der Waals surface area (Å²) in [6.07, 6.45) is 1.02. The molecule has 2 atom stereocenters. The van der Waals surface area contributed by atoms with Gasteiger partial charge in [-0.1, -0.05) is 11.6 Å². The van der Waals surface area contributed by atoms with Crippen molar-refractivity contribution in [3.8, 4) is 11.5 Å². The van der Waals surface area contributed by atoms with Crippen molar-refractivity contribution in [2.75, 3.05) is 7.11 Å². The van der Waals surface area contributed by atoms with Gasteiger partial charge in [-0.2, -0.15) is 0 Å². The van der Waals surface area contributed by atoms with Crippen molar-refractivity contribution in [1.82, 2.24) is 0 Å². The Kier molecular flexibility index (Phi) is 3.50. The minimum absolute atomic E-state index is 0.123. The van der Waals surface area contributed by atoms with E-state index in [0.29, 0.717) is 17.2 Å². The van der Waals surface area contributed by atoms with Gasteiger partial charge in [0.1, 0.15) is 6.10 Å². The molecule has 1 aliphatic heterocycles. The third-order valence-corrected chi connectivity index (χ3v) is 3.37. The van der Waals surface area contributed by atoms with Crippen molar-refractivity contribution in [2.24, 2.45) is 0 Å². The topological polar surface area (TPSA) is 38.7 Å². The molecule has 0 amide bonds. The lowest BCUT2D eigenvalue weighted by Gasteiger charge is -2.13. The fourth-order valence-electron chi connectivity index (χ4n) is 2.19. The third kappa shape index (κ3) is 2.35. The smallest absolute Gasteiger partial charge is 0.166 e. The van der Waals surface area contributed by atoms with Crippen LogP contribution < -0.4 is 9.47 Å². The molecule has 1 aromatic rings. The number of halogens is 1. The van der Waals surface area contributed by atoms with Gasteiger partial charge >= 0.3 is 0 Å². The van der Waals surface area contributed by atoms with Crippen LogP contribution in [0.5, 0.6) is 11.5 Å². The minimum Gasteiger partial charge on any atom is -0.493 e. The molecule has 4 heteroatoms. The molecule has 0 bridgehead atoms. The molecule has 2 rings (SSSR count). The minimum atomic E-state index is -0.421. The van der Waals surface area contributed by atoms with Gasteiger partial charge in [-0.15, -0.1) is 0 Å². The molecule has 94 valence electrons. The molecular weight excluding hydrogens is 240 g/mol. The first-order valence-corrected chi connectivity index (χ1v) is 6.13. The molecule has 1 aromatic carbocycles. The van der Waals surface area contributed by atoms with Gasteiger partial charge in [-0.25, -0.2) is 0 Å². The second-order valence-electron chi connectivity index (χ2n) is 4.55. The predicted molar refractivity (Wildman–Crippen MR) is 67.2 cm³/mol. The summed E-state index contributed by atoms with van der Waals surface area (Å²) in [6, 6.07) is 1.85. The van der Waals surface area contributed by atoms with Crippen LogP contribution in [0.3, 0.4) is 0 Å². The van der Waals surface area contributed by atoms with E-state index in [9.17, 15) is 5.11 Å². The average molecular weight is 257 g/mol. The number of fused-ring (bicyclic) bond motifs is 1. The summed E-state index contributed by atoms with van der Waals surface area (Å²) in [5, 5.41) is 10.2. The largest absolute Gasteiger partial charge is 0.493 e. The van der Waals surface area contributed by atoms with Crippen LogP contribution in [0.2, 0.25) is 5.02 Å². The summed E-state index contributed by atoms with van der Waals surface area (Å²) in [4.78, 5) is 0. The van der Waals surface area contributed by atoms with Crippen molar-refractivity contribution in [2.45, 2.75) is 38.9 Å². The lowest BCUT2D eigenvalue weighted by Crippen LogP contribution is -2.06. The van der Waals surface area contributed by atoms with E-state index < -0.39 is 6.10 Å². The molecule has 2 unspecified atom stereocenters. The van der Waals surface area contributed by atoms with E-state index in [0.717, 1.165) is 23.3 Å². The molecule has 0 aliphatic carbocycles. The van der Waals surface area contributed by atoms with Crippen molar-refractivity contribution in [3.63, 3.8) is 0 Å². The van der Waals surface area contributed by atoms with Crippen LogP contribution in [0.15, 0.2) is 6.07 Å². The van der Waals surface area contributed by atoms with Crippen LogP contribution in [-0.2, 0) is 12.8 Å². The quantitative estimate of drug-likeness (QED) is 0.904. The van der Waals surface area contributed by atoms with Gasteiger partial charge in [0.05, 0.1) is 18.2 Å². The van der Waals surface area contributed by atoms with Gasteiger partial charge in [0, 0.05) is 12.0 Å². The average Bonchev–Trinajstić information content (AvgIpc) is 2.64. The SMILES string of the molecule is COc1cc(CC(C)O)c(Cl)c2c1OC(C)C2. The van der Waals surface area contributed by atoms with Crippen LogP contribution in [-0.4, -0.2) is 24.4 Å². The number of benzene rings is 1. The van der Waals surface area contributed by atoms with E-state index in [-0.39, 0.29) is 6.10 Å². The first-order chi connectivity index (χ1) is 8.02. The fraction of sp³-hybridized carbons (Fsp3) is 0.538. The highest BCUT2D eigenvalue weighted by molar-refractivity contribution is 6.32. The highest BCUT2D eigenvalue weighted by atomic mass is 35.5. The molecule has 1 heterocycles. The maximum atomic E-state index is 9.46. The van der Waals surface area contributed by atoms with Crippen LogP contribution in [0, 0.1) is 0 Å². The zero-order valence-corrected chi connectivity index (χ0v) is 11.0. The summed E-state index contributed by atoms with van der Waals surface area (Å²) >= 11 is 6.35. The van der Waals surface area contributed by atoms with Gasteiger partial charge in [0.15, 0.2) is 11.5 Å². The molecule has 0 spiro atoms. The van der Waals surface area contributed by atoms with Gasteiger partial charge < -0.3 is 14.6 Å². The van der Waals surface area contributed by atoms with Crippen LogP contribution >= 0.6 is 11.6 Å². The second kappa shape index (κ2) is 4.75. The number of hydrogen-bond acceptors (Lipinski definition) is 3. The predicted octanol–water partition coefficient (Wildman–Crippen LogP) is 2.60. The summed E-state index contributed by atoms with van der Waals surface area (Å²) in [7, 11) is 1.61. The number of rotatable bonds is 3. The van der Waals surface area contributed by atoms with E-state index in [1.165, 1.54) is 0 Å². The zero-order valence-electron chi connectivity index (χ0n) is 10.3. The number of ether oxygens (including phenoxy) is 2. The Hall–Kier alpha value is -0.930. The standard InChI is InChI=1S/C13H17ClO3/c1-7(15)4-9-6-11(16-3)13-10(12(9)14)5-8(2)17-13/h6-8,15H,4-5H2,1-3H3. The number of methoxy groups -OCH3 is 1. The van der Waals surface area contributed by atoms with Gasteiger partial charge in [-0.3, -0.25) is 0 Å². The maximum absolute atomic E-state index is 9.46. The first kappa shape index (κ1) is 12.5. The van der Waals surface area contributed by atoms with E-state index in [2.05, 4.69) is 0 Å². The van der Waals surface area contributed by atoms with E-state index in [4.69, 9.17) is 21.1 Å². The Morgan fingerprint density at radius 3 is 2.94 bits per heavy atom. The van der Waals surface area contributed by atoms with Crippen LogP contribution in [0.25, 0.3) is 0 Å². The monoisotopic (exact) mass is 256 g/mol. The van der Waals surface area contributed by atoms with Crippen molar-refractivity contribution >= 4 is 11.6 Å². The molecule has 0 fully saturated rings. The maximum Gasteiger partial charge on any atom is 0.166 e. The Labute approximate surface area is 106 Å². The molecule has 3 nitrogen and oxygen atoms in total. The molecule has 1 aliphatic rings. The third-order valence-electron chi connectivity index (χ3n) is 2.90. The van der Waals surface area contributed by atoms with Crippen LogP contribution in [0.4, 0.5) is 0 Å². The lowest BCUT2D eigenvalue weighted by atomic mass is 10.0. The second-order valence-corrected chi connectivity index (χ2v) is 4.92. The molecule has 17 heavy (non-hydrogen) atoms. The number of aliphatic hydroxyl groups excluding tert-OH is 1. The Balaban J connectivity index is 2.47. The van der Waals surface area contributed by atoms with Crippen molar-refractivity contribution in [3.05, 3.63) is 22.2 Å². The number of aliphatic hydroxyl groups is 1. The normalized spacial score (nSPS) is 19.7. The highest BCUT2D eigenvalue weighted by Crippen LogP contribution is 2.44. The molecule has 0 radical (unpaired) electrons. The van der Waals surface area contributed by atoms with Crippen molar-refractivity contribution in [1.29, 1.82) is 0 Å². The van der Waals surface area contributed by atoms with Crippen molar-refractivity contribution < 1.29 is 14.6 Å². The molecule has 0 saturated carbocycles. The number of hydrogen-bond donors (Lipinski definition) is 1. The molecule has 0 aromatic heterocycles. The Bertz CT molecular complexity index is 429. The summed E-state index contributed by atoms with van der Waals surface area (Å²) in [5.41, 5.74) is 1.91. The molecular formula is C13H17ClO3. The summed E-state index contributed by atoms with van der Waals surface area (Å²) < 4.78 is 11.0. The zero-order chi connectivity index (χ0) is 12.6. The Morgan fingerprint density at radius 2 is 2.35 bits per heavy atom. The van der Waals surface area contributed by atoms with Gasteiger partial charge in [-0.05, 0) is 31.9 Å². The highest BCUT2D eigenvalue weighted by Gasteiger charge is 2.27. The fourth-order valence-corrected chi connectivity index (χ4v) is 2.48. The van der Waals surface area contributed by atoms with Gasteiger partial charge in [0.2, 0.25) is 0 Å². The molecule has 1 N–H and O–H groups in total. The van der Waals surface area contributed by atoms with E-state index in [1.807, 2.05) is 13.0 Å². The lowest BCUT2D eigenvalue weighted by molar-refractivity contribution is 0.195. The van der Waals surface area contributed by atoms with Crippen LogP contribution in [0.1, 0.15) is 25.0 Å². The van der Waals surface area contributed by atoms with E-state index in [1.54, 1.807) is 14.0 Å². The molecule has 0 saturated heterocycles. The Morgan fingerprint density at radius 1 is 1.65 bits per heavy atom. The van der Waals surface area contributed by atoms with Gasteiger partial charge in [0.25, 0.3) is 0 Å². The van der Waals surface area contributed by atoms with E-state index >= 15 is 0 Å².